The van der Waals surface area contributed by atoms with Gasteiger partial charge in [-0.1, -0.05) is 6.07 Å². The molecule has 29 heavy (non-hydrogen) atoms. The molecular formula is C23H22N2O4. The molecule has 2 heterocycles. The first-order valence-electron chi connectivity index (χ1n) is 9.64. The number of nitrogens with zero attached hydrogens (tertiary/aromatic N) is 1. The maximum Gasteiger partial charge on any atom is 0.255 e. The molecule has 1 saturated heterocycles. The maximum absolute atomic E-state index is 12.6. The van der Waals surface area contributed by atoms with E-state index in [1.54, 1.807) is 30.3 Å². The largest absolute Gasteiger partial charge is 0.491 e. The van der Waals surface area contributed by atoms with Gasteiger partial charge in [0, 0.05) is 35.0 Å². The summed E-state index contributed by atoms with van der Waals surface area (Å²) in [6.07, 6.45) is 4.56. The fraction of sp³-hybridized carbons (Fsp3) is 0.261. The fourth-order valence-electron chi connectivity index (χ4n) is 3.43. The quantitative estimate of drug-likeness (QED) is 0.640. The lowest BCUT2D eigenvalue weighted by molar-refractivity contribution is 0.0679. The summed E-state index contributed by atoms with van der Waals surface area (Å²) in [5.41, 5.74) is 3.36. The van der Waals surface area contributed by atoms with Gasteiger partial charge in [-0.05, 0) is 61.7 Å². The zero-order valence-corrected chi connectivity index (χ0v) is 16.2. The molecule has 6 nitrogen and oxygen atoms in total. The molecule has 2 aromatic carbocycles. The van der Waals surface area contributed by atoms with Crippen molar-refractivity contribution in [3.05, 3.63) is 65.4 Å². The van der Waals surface area contributed by atoms with E-state index in [1.807, 2.05) is 19.1 Å². The molecule has 6 heteroatoms. The van der Waals surface area contributed by atoms with Crippen LogP contribution in [0.5, 0.6) is 5.75 Å². The number of rotatable bonds is 6. The molecule has 1 aliphatic rings. The number of nitrogens with one attached hydrogen (secondary N) is 1. The van der Waals surface area contributed by atoms with Crippen LogP contribution in [0.3, 0.4) is 0 Å². The monoisotopic (exact) mass is 390 g/mol. The van der Waals surface area contributed by atoms with Gasteiger partial charge in [-0.2, -0.15) is 0 Å². The molecule has 1 aromatic heterocycles. The molecule has 1 amide bonds. The second-order valence-electron chi connectivity index (χ2n) is 7.12. The van der Waals surface area contributed by atoms with Crippen LogP contribution in [0.1, 0.15) is 39.1 Å². The highest BCUT2D eigenvalue weighted by Gasteiger charge is 2.16. The van der Waals surface area contributed by atoms with Crippen LogP contribution in [0, 0.1) is 6.92 Å². The molecule has 1 N–H and O–H groups in total. The molecule has 4 rings (SSSR count). The van der Waals surface area contributed by atoms with Gasteiger partial charge in [-0.3, -0.25) is 14.6 Å². The SMILES string of the molecule is Cc1c(NC(=O)c2ccc(OCC3CCCO3)cc2)ccc2cc(C=O)cnc12. The Hall–Kier alpha value is -3.25. The van der Waals surface area contributed by atoms with E-state index >= 15 is 0 Å². The van der Waals surface area contributed by atoms with E-state index < -0.39 is 0 Å². The Labute approximate surface area is 168 Å². The fourth-order valence-corrected chi connectivity index (χ4v) is 3.43. The number of carbonyl (C=O) groups is 2. The van der Waals surface area contributed by atoms with Crippen molar-refractivity contribution in [2.45, 2.75) is 25.9 Å². The summed E-state index contributed by atoms with van der Waals surface area (Å²) in [4.78, 5) is 27.9. The molecule has 1 unspecified atom stereocenters. The van der Waals surface area contributed by atoms with Gasteiger partial charge in [0.1, 0.15) is 12.4 Å². The average molecular weight is 390 g/mol. The van der Waals surface area contributed by atoms with Crippen molar-refractivity contribution in [1.29, 1.82) is 0 Å². The lowest BCUT2D eigenvalue weighted by atomic mass is 10.1. The summed E-state index contributed by atoms with van der Waals surface area (Å²) in [6.45, 7) is 3.23. The van der Waals surface area contributed by atoms with E-state index in [-0.39, 0.29) is 12.0 Å². The van der Waals surface area contributed by atoms with E-state index in [2.05, 4.69) is 10.3 Å². The highest BCUT2D eigenvalue weighted by atomic mass is 16.5. The predicted molar refractivity (Wildman–Crippen MR) is 111 cm³/mol. The Balaban J connectivity index is 1.44. The lowest BCUT2D eigenvalue weighted by Crippen LogP contribution is -2.16. The molecular weight excluding hydrogens is 368 g/mol. The van der Waals surface area contributed by atoms with Gasteiger partial charge in [0.2, 0.25) is 0 Å². The molecule has 3 aromatic rings. The summed E-state index contributed by atoms with van der Waals surface area (Å²) in [5, 5.41) is 3.79. The third kappa shape index (κ3) is 4.27. The summed E-state index contributed by atoms with van der Waals surface area (Å²) < 4.78 is 11.3. The van der Waals surface area contributed by atoms with Crippen molar-refractivity contribution >= 4 is 28.8 Å². The van der Waals surface area contributed by atoms with E-state index in [0.29, 0.717) is 29.2 Å². The number of benzene rings is 2. The number of fused-ring (bicyclic) bond motifs is 1. The molecule has 0 spiro atoms. The Morgan fingerprint density at radius 1 is 1.28 bits per heavy atom. The number of hydrogen-bond acceptors (Lipinski definition) is 5. The number of aromatic nitrogens is 1. The van der Waals surface area contributed by atoms with Crippen LogP contribution in [-0.2, 0) is 4.74 Å². The zero-order chi connectivity index (χ0) is 20.2. The minimum Gasteiger partial charge on any atom is -0.491 e. The molecule has 1 aliphatic heterocycles. The first-order valence-corrected chi connectivity index (χ1v) is 9.64. The lowest BCUT2D eigenvalue weighted by Gasteiger charge is -2.13. The van der Waals surface area contributed by atoms with Gasteiger partial charge in [0.25, 0.3) is 5.91 Å². The van der Waals surface area contributed by atoms with Crippen molar-refractivity contribution in [2.24, 2.45) is 0 Å². The summed E-state index contributed by atoms with van der Waals surface area (Å²) in [7, 11) is 0. The second-order valence-corrected chi connectivity index (χ2v) is 7.12. The minimum atomic E-state index is -0.206. The number of anilines is 1. The van der Waals surface area contributed by atoms with Crippen LogP contribution in [0.15, 0.2) is 48.7 Å². The van der Waals surface area contributed by atoms with Crippen molar-refractivity contribution < 1.29 is 19.1 Å². The first kappa shape index (κ1) is 19.1. The summed E-state index contributed by atoms with van der Waals surface area (Å²) >= 11 is 0. The number of aryl methyl sites for hydroxylation is 1. The van der Waals surface area contributed by atoms with Gasteiger partial charge in [0.15, 0.2) is 6.29 Å². The average Bonchev–Trinajstić information content (AvgIpc) is 3.28. The maximum atomic E-state index is 12.6. The van der Waals surface area contributed by atoms with Crippen LogP contribution < -0.4 is 10.1 Å². The van der Waals surface area contributed by atoms with Crippen LogP contribution in [-0.4, -0.2) is 36.5 Å². The van der Waals surface area contributed by atoms with Gasteiger partial charge in [-0.25, -0.2) is 0 Å². The van der Waals surface area contributed by atoms with E-state index in [9.17, 15) is 9.59 Å². The molecule has 1 atom stereocenters. The smallest absolute Gasteiger partial charge is 0.255 e. The van der Waals surface area contributed by atoms with Crippen LogP contribution >= 0.6 is 0 Å². The van der Waals surface area contributed by atoms with Crippen LogP contribution in [0.2, 0.25) is 0 Å². The predicted octanol–water partition coefficient (Wildman–Crippen LogP) is 4.17. The molecule has 0 saturated carbocycles. The standard InChI is InChI=1S/C23H22N2O4/c1-15-21(9-6-18-11-16(13-26)12-24-22(15)18)25-23(27)17-4-7-19(8-5-17)29-14-20-3-2-10-28-20/h4-9,11-13,20H,2-3,10,14H2,1H3,(H,25,27). The third-order valence-corrected chi connectivity index (χ3v) is 5.09. The Kier molecular flexibility index (Phi) is 5.53. The number of amides is 1. The Morgan fingerprint density at radius 2 is 2.10 bits per heavy atom. The Bertz CT molecular complexity index is 1040. The highest BCUT2D eigenvalue weighted by Crippen LogP contribution is 2.25. The van der Waals surface area contributed by atoms with E-state index in [4.69, 9.17) is 9.47 Å². The molecule has 0 aliphatic carbocycles. The number of aldehydes is 1. The highest BCUT2D eigenvalue weighted by molar-refractivity contribution is 6.06. The van der Waals surface area contributed by atoms with Crippen LogP contribution in [0.4, 0.5) is 5.69 Å². The third-order valence-electron chi connectivity index (χ3n) is 5.09. The van der Waals surface area contributed by atoms with E-state index in [0.717, 1.165) is 42.2 Å². The molecule has 0 bridgehead atoms. The number of pyridine rings is 1. The zero-order valence-electron chi connectivity index (χ0n) is 16.2. The van der Waals surface area contributed by atoms with E-state index in [1.165, 1.54) is 6.20 Å². The number of hydrogen-bond donors (Lipinski definition) is 1. The molecule has 1 fully saturated rings. The van der Waals surface area contributed by atoms with Gasteiger partial charge < -0.3 is 14.8 Å². The number of carbonyl (C=O) groups excluding carboxylic acids is 2. The Morgan fingerprint density at radius 3 is 2.83 bits per heavy atom. The molecule has 0 radical (unpaired) electrons. The van der Waals surface area contributed by atoms with Crippen LogP contribution in [0.25, 0.3) is 10.9 Å². The molecule has 148 valence electrons. The van der Waals surface area contributed by atoms with Gasteiger partial charge >= 0.3 is 0 Å². The van der Waals surface area contributed by atoms with Crippen molar-refractivity contribution in [3.63, 3.8) is 0 Å². The second kappa shape index (κ2) is 8.41. The van der Waals surface area contributed by atoms with Crippen molar-refractivity contribution in [3.8, 4) is 5.75 Å². The number of ether oxygens (including phenoxy) is 2. The first-order chi connectivity index (χ1) is 14.1. The topological polar surface area (TPSA) is 77.5 Å². The van der Waals surface area contributed by atoms with Gasteiger partial charge in [0.05, 0.1) is 11.6 Å². The van der Waals surface area contributed by atoms with Gasteiger partial charge in [-0.15, -0.1) is 0 Å². The van der Waals surface area contributed by atoms with Crippen molar-refractivity contribution in [2.75, 3.05) is 18.5 Å². The summed E-state index contributed by atoms with van der Waals surface area (Å²) in [5.74, 6) is 0.511. The minimum absolute atomic E-state index is 0.157. The van der Waals surface area contributed by atoms with Crippen molar-refractivity contribution in [1.82, 2.24) is 4.98 Å². The normalized spacial score (nSPS) is 16.0. The summed E-state index contributed by atoms with van der Waals surface area (Å²) in [6, 6.07) is 12.5.